The van der Waals surface area contributed by atoms with Crippen molar-refractivity contribution < 1.29 is 14.3 Å². The fourth-order valence-electron chi connectivity index (χ4n) is 3.27. The maximum Gasteiger partial charge on any atom is 0.271 e. The first-order valence-corrected chi connectivity index (χ1v) is 10.9. The molecule has 0 spiro atoms. The van der Waals surface area contributed by atoms with E-state index < -0.39 is 0 Å². The van der Waals surface area contributed by atoms with E-state index in [1.165, 1.54) is 22.5 Å². The number of nitrogens with zero attached hydrogens (tertiary/aromatic N) is 2. The molecule has 8 heteroatoms. The summed E-state index contributed by atoms with van der Waals surface area (Å²) in [7, 11) is 1.62. The van der Waals surface area contributed by atoms with Crippen LogP contribution in [0.1, 0.15) is 23.2 Å². The molecule has 1 fully saturated rings. The van der Waals surface area contributed by atoms with Crippen LogP contribution in [0.2, 0.25) is 0 Å². The molecule has 7 nitrogen and oxygen atoms in total. The molecule has 2 aromatic carbocycles. The number of aromatic nitrogens is 2. The Labute approximate surface area is 184 Å². The van der Waals surface area contributed by atoms with Gasteiger partial charge in [-0.2, -0.15) is 9.78 Å². The van der Waals surface area contributed by atoms with Gasteiger partial charge in [-0.1, -0.05) is 11.8 Å². The van der Waals surface area contributed by atoms with Crippen molar-refractivity contribution in [3.8, 4) is 11.4 Å². The smallest absolute Gasteiger partial charge is 0.271 e. The van der Waals surface area contributed by atoms with Crippen LogP contribution in [0.25, 0.3) is 5.69 Å². The van der Waals surface area contributed by atoms with Gasteiger partial charge in [-0.15, -0.1) is 0 Å². The van der Waals surface area contributed by atoms with E-state index in [0.29, 0.717) is 22.8 Å². The standard InChI is InChI=1S/C23H23N3O4S/c1-29-18-8-10-20(11-9-18)31-21-12-13-22(27)26(25-21)17-6-4-16(5-7-17)23(28)24-15-19-3-2-14-30-19/h4-13,19H,2-3,14-15H2,1H3,(H,24,28)/t19-/m0/s1. The fraction of sp³-hybridized carbons (Fsp3) is 0.261. The van der Waals surface area contributed by atoms with Crippen LogP contribution in [-0.4, -0.2) is 42.1 Å². The molecule has 1 amide bonds. The molecular weight excluding hydrogens is 414 g/mol. The molecule has 1 saturated heterocycles. The van der Waals surface area contributed by atoms with Gasteiger partial charge in [0.25, 0.3) is 11.5 Å². The Kier molecular flexibility index (Phi) is 6.69. The van der Waals surface area contributed by atoms with Crippen LogP contribution in [0.5, 0.6) is 5.75 Å². The highest BCUT2D eigenvalue weighted by atomic mass is 32.2. The molecule has 4 rings (SSSR count). The zero-order chi connectivity index (χ0) is 21.6. The first-order valence-electron chi connectivity index (χ1n) is 10.0. The lowest BCUT2D eigenvalue weighted by Crippen LogP contribution is -2.31. The van der Waals surface area contributed by atoms with Gasteiger partial charge in [0.15, 0.2) is 0 Å². The lowest BCUT2D eigenvalue weighted by molar-refractivity contribution is 0.0858. The maximum absolute atomic E-state index is 12.4. The van der Waals surface area contributed by atoms with E-state index in [0.717, 1.165) is 30.1 Å². The quantitative estimate of drug-likeness (QED) is 0.611. The number of hydrogen-bond acceptors (Lipinski definition) is 6. The Hall–Kier alpha value is -3.10. The van der Waals surface area contributed by atoms with Crippen molar-refractivity contribution in [3.05, 3.63) is 76.6 Å². The van der Waals surface area contributed by atoms with Gasteiger partial charge in [-0.3, -0.25) is 9.59 Å². The molecule has 31 heavy (non-hydrogen) atoms. The number of methoxy groups -OCH3 is 1. The fourth-order valence-corrected chi connectivity index (χ4v) is 4.04. The number of rotatable bonds is 7. The highest BCUT2D eigenvalue weighted by Crippen LogP contribution is 2.27. The molecule has 1 aliphatic heterocycles. The summed E-state index contributed by atoms with van der Waals surface area (Å²) in [5, 5.41) is 8.04. The van der Waals surface area contributed by atoms with Crippen molar-refractivity contribution in [2.45, 2.75) is 28.9 Å². The summed E-state index contributed by atoms with van der Waals surface area (Å²) in [5.74, 6) is 0.619. The van der Waals surface area contributed by atoms with E-state index in [2.05, 4.69) is 10.4 Å². The molecule has 1 atom stereocenters. The minimum Gasteiger partial charge on any atom is -0.497 e. The first-order chi connectivity index (χ1) is 15.1. The molecule has 1 N–H and O–H groups in total. The lowest BCUT2D eigenvalue weighted by atomic mass is 10.2. The van der Waals surface area contributed by atoms with Crippen LogP contribution in [-0.2, 0) is 4.74 Å². The van der Waals surface area contributed by atoms with Crippen LogP contribution in [0.3, 0.4) is 0 Å². The average Bonchev–Trinajstić information content (AvgIpc) is 3.33. The van der Waals surface area contributed by atoms with E-state index in [1.54, 1.807) is 37.4 Å². The predicted molar refractivity (Wildman–Crippen MR) is 118 cm³/mol. The highest BCUT2D eigenvalue weighted by molar-refractivity contribution is 7.99. The van der Waals surface area contributed by atoms with Gasteiger partial charge < -0.3 is 14.8 Å². The maximum atomic E-state index is 12.4. The number of carbonyl (C=O) groups is 1. The van der Waals surface area contributed by atoms with E-state index in [1.807, 2.05) is 24.3 Å². The van der Waals surface area contributed by atoms with Crippen molar-refractivity contribution in [2.24, 2.45) is 0 Å². The second kappa shape index (κ2) is 9.80. The van der Waals surface area contributed by atoms with Crippen molar-refractivity contribution in [2.75, 3.05) is 20.3 Å². The highest BCUT2D eigenvalue weighted by Gasteiger charge is 2.16. The van der Waals surface area contributed by atoms with Crippen molar-refractivity contribution in [1.29, 1.82) is 0 Å². The van der Waals surface area contributed by atoms with Crippen molar-refractivity contribution >= 4 is 17.7 Å². The molecule has 0 radical (unpaired) electrons. The number of amides is 1. The Morgan fingerprint density at radius 2 is 1.94 bits per heavy atom. The van der Waals surface area contributed by atoms with E-state index in [4.69, 9.17) is 9.47 Å². The van der Waals surface area contributed by atoms with E-state index in [9.17, 15) is 9.59 Å². The molecule has 0 bridgehead atoms. The summed E-state index contributed by atoms with van der Waals surface area (Å²) in [6, 6.07) is 17.6. The van der Waals surface area contributed by atoms with Crippen LogP contribution < -0.4 is 15.6 Å². The SMILES string of the molecule is COc1ccc(Sc2ccc(=O)n(-c3ccc(C(=O)NC[C@@H]4CCCO4)cc3)n2)cc1. The summed E-state index contributed by atoms with van der Waals surface area (Å²) in [6.07, 6.45) is 2.10. The largest absolute Gasteiger partial charge is 0.497 e. The number of ether oxygens (including phenoxy) is 2. The predicted octanol–water partition coefficient (Wildman–Crippen LogP) is 3.30. The Balaban J connectivity index is 1.46. The van der Waals surface area contributed by atoms with Crippen LogP contribution in [0, 0.1) is 0 Å². The minimum atomic E-state index is -0.241. The zero-order valence-corrected chi connectivity index (χ0v) is 17.9. The lowest BCUT2D eigenvalue weighted by Gasteiger charge is -2.11. The molecular formula is C23H23N3O4S. The molecule has 0 aliphatic carbocycles. The van der Waals surface area contributed by atoms with Gasteiger partial charge in [0, 0.05) is 29.7 Å². The molecule has 2 heterocycles. The van der Waals surface area contributed by atoms with Crippen molar-refractivity contribution in [1.82, 2.24) is 15.1 Å². The number of carbonyl (C=O) groups excluding carboxylic acids is 1. The summed E-state index contributed by atoms with van der Waals surface area (Å²) < 4.78 is 12.0. The summed E-state index contributed by atoms with van der Waals surface area (Å²) in [4.78, 5) is 25.7. The van der Waals surface area contributed by atoms with Gasteiger partial charge in [0.2, 0.25) is 0 Å². The third-order valence-electron chi connectivity index (χ3n) is 4.95. The van der Waals surface area contributed by atoms with Gasteiger partial charge in [0.05, 0.1) is 18.9 Å². The van der Waals surface area contributed by atoms with Crippen LogP contribution >= 0.6 is 11.8 Å². The summed E-state index contributed by atoms with van der Waals surface area (Å²) in [5.41, 5.74) is 0.881. The molecule has 1 aliphatic rings. The summed E-state index contributed by atoms with van der Waals surface area (Å²) in [6.45, 7) is 1.26. The molecule has 0 saturated carbocycles. The number of hydrogen-bond donors (Lipinski definition) is 1. The monoisotopic (exact) mass is 437 g/mol. The third-order valence-corrected chi connectivity index (χ3v) is 5.88. The Morgan fingerprint density at radius 3 is 2.61 bits per heavy atom. The van der Waals surface area contributed by atoms with Crippen LogP contribution in [0.4, 0.5) is 0 Å². The first kappa shape index (κ1) is 21.1. The zero-order valence-electron chi connectivity index (χ0n) is 17.1. The third kappa shape index (κ3) is 5.34. The second-order valence-corrected chi connectivity index (χ2v) is 8.18. The summed E-state index contributed by atoms with van der Waals surface area (Å²) >= 11 is 1.45. The Bertz CT molecular complexity index is 1090. The van der Waals surface area contributed by atoms with Gasteiger partial charge in [-0.05, 0) is 67.4 Å². The van der Waals surface area contributed by atoms with E-state index >= 15 is 0 Å². The molecule has 1 aromatic heterocycles. The van der Waals surface area contributed by atoms with Gasteiger partial charge in [-0.25, -0.2) is 0 Å². The van der Waals surface area contributed by atoms with E-state index in [-0.39, 0.29) is 17.6 Å². The van der Waals surface area contributed by atoms with Gasteiger partial charge in [0.1, 0.15) is 10.8 Å². The molecule has 160 valence electrons. The molecule has 3 aromatic rings. The number of nitrogens with one attached hydrogen (secondary N) is 1. The minimum absolute atomic E-state index is 0.0944. The van der Waals surface area contributed by atoms with Crippen LogP contribution in [0.15, 0.2) is 75.4 Å². The second-order valence-electron chi connectivity index (χ2n) is 7.09. The average molecular weight is 438 g/mol. The number of benzene rings is 2. The Morgan fingerprint density at radius 1 is 1.16 bits per heavy atom. The topological polar surface area (TPSA) is 82.5 Å². The van der Waals surface area contributed by atoms with Gasteiger partial charge >= 0.3 is 0 Å². The van der Waals surface area contributed by atoms with Crippen molar-refractivity contribution in [3.63, 3.8) is 0 Å². The normalized spacial score (nSPS) is 15.6. The molecule has 0 unspecified atom stereocenters.